The lowest BCUT2D eigenvalue weighted by atomic mass is 10.1. The van der Waals surface area contributed by atoms with Crippen LogP contribution in [0.3, 0.4) is 0 Å². The average molecular weight is 526 g/mol. The monoisotopic (exact) mass is 525 g/mol. The van der Waals surface area contributed by atoms with E-state index in [4.69, 9.17) is 0 Å². The second-order valence-electron chi connectivity index (χ2n) is 9.87. The number of halogens is 3. The summed E-state index contributed by atoms with van der Waals surface area (Å²) in [5, 5.41) is 3.56. The molecule has 4 aromatic heterocycles. The van der Waals surface area contributed by atoms with Crippen molar-refractivity contribution in [1.29, 1.82) is 0 Å². The van der Waals surface area contributed by atoms with E-state index in [0.29, 0.717) is 46.5 Å². The number of alkyl halides is 3. The van der Waals surface area contributed by atoms with Crippen LogP contribution in [-0.2, 0) is 12.7 Å². The van der Waals surface area contributed by atoms with Crippen LogP contribution >= 0.6 is 0 Å². The molecule has 1 aliphatic heterocycles. The van der Waals surface area contributed by atoms with Gasteiger partial charge in [0.25, 0.3) is 0 Å². The molecule has 1 aliphatic rings. The molecule has 1 fully saturated rings. The van der Waals surface area contributed by atoms with E-state index >= 15 is 0 Å². The number of hydrogen-bond acceptors (Lipinski definition) is 8. The van der Waals surface area contributed by atoms with E-state index in [9.17, 15) is 13.2 Å². The van der Waals surface area contributed by atoms with Crippen molar-refractivity contribution < 1.29 is 13.2 Å². The van der Waals surface area contributed by atoms with Gasteiger partial charge < -0.3 is 25.0 Å². The van der Waals surface area contributed by atoms with Crippen LogP contribution in [-0.4, -0.2) is 77.1 Å². The van der Waals surface area contributed by atoms with Crippen molar-refractivity contribution in [3.05, 3.63) is 54.1 Å². The minimum absolute atomic E-state index is 0.339. The topological polar surface area (TPSA) is 89.1 Å². The minimum Gasteiger partial charge on any atom is -0.375 e. The third kappa shape index (κ3) is 5.21. The largest absolute Gasteiger partial charge is 0.417 e. The maximum atomic E-state index is 13.3. The molecule has 0 amide bonds. The second-order valence-corrected chi connectivity index (χ2v) is 9.87. The van der Waals surface area contributed by atoms with E-state index in [1.807, 2.05) is 37.3 Å². The van der Waals surface area contributed by atoms with Crippen LogP contribution in [0, 0.1) is 0 Å². The van der Waals surface area contributed by atoms with Gasteiger partial charge in [0.1, 0.15) is 17.2 Å². The van der Waals surface area contributed by atoms with Crippen molar-refractivity contribution >= 4 is 28.5 Å². The zero-order chi connectivity index (χ0) is 27.0. The highest BCUT2D eigenvalue weighted by Crippen LogP contribution is 2.36. The highest BCUT2D eigenvalue weighted by Gasteiger charge is 2.32. The molecular weight excluding hydrogens is 495 g/mol. The van der Waals surface area contributed by atoms with E-state index < -0.39 is 11.7 Å². The van der Waals surface area contributed by atoms with E-state index in [0.717, 1.165) is 43.2 Å². The first-order valence-corrected chi connectivity index (χ1v) is 12.3. The Bertz CT molecular complexity index is 1410. The van der Waals surface area contributed by atoms with Crippen LogP contribution in [0.2, 0.25) is 0 Å². The van der Waals surface area contributed by atoms with Crippen molar-refractivity contribution in [3.8, 4) is 11.3 Å². The quantitative estimate of drug-likeness (QED) is 0.370. The molecule has 0 saturated carbocycles. The third-order valence-corrected chi connectivity index (χ3v) is 6.84. The normalized spacial score (nSPS) is 16.0. The summed E-state index contributed by atoms with van der Waals surface area (Å²) in [6, 6.07) is 5.67. The predicted octanol–water partition coefficient (Wildman–Crippen LogP) is 4.25. The van der Waals surface area contributed by atoms with E-state index in [-0.39, 0.29) is 0 Å². The number of anilines is 3. The molecule has 0 bridgehead atoms. The number of aromatic amines is 1. The smallest absolute Gasteiger partial charge is 0.375 e. The van der Waals surface area contributed by atoms with Crippen LogP contribution < -0.4 is 15.1 Å². The molecule has 12 heteroatoms. The number of rotatable bonds is 7. The maximum absolute atomic E-state index is 13.3. The number of nitrogens with zero attached hydrogens (tertiary/aromatic N) is 7. The molecule has 0 radical (unpaired) electrons. The lowest BCUT2D eigenvalue weighted by molar-refractivity contribution is -0.137. The summed E-state index contributed by atoms with van der Waals surface area (Å²) in [4.78, 5) is 27.0. The zero-order valence-electron chi connectivity index (χ0n) is 21.7. The number of H-pyrrole nitrogens is 1. The number of aromatic nitrogens is 5. The van der Waals surface area contributed by atoms with Crippen molar-refractivity contribution in [2.75, 3.05) is 56.4 Å². The van der Waals surface area contributed by atoms with Crippen LogP contribution in [0.15, 0.2) is 43.0 Å². The van der Waals surface area contributed by atoms with Crippen molar-refractivity contribution in [2.24, 2.45) is 0 Å². The van der Waals surface area contributed by atoms with Gasteiger partial charge in [0.05, 0.1) is 17.4 Å². The van der Waals surface area contributed by atoms with E-state index in [1.165, 1.54) is 0 Å². The summed E-state index contributed by atoms with van der Waals surface area (Å²) in [7, 11) is 7.87. The van der Waals surface area contributed by atoms with Crippen LogP contribution in [0.1, 0.15) is 17.5 Å². The summed E-state index contributed by atoms with van der Waals surface area (Å²) in [5.74, 6) is 1.32. The standard InChI is InChI=1S/C26H30F3N9/c1-36(2)18-7-8-38(15-18)22-6-5-16(10-30-22)11-33-25-34-14-21(37(3)4)23(35-25)20-13-32-24-19(20)9-17(12-31-24)26(27,28)29/h5-6,9-10,12-14,18H,7-8,11,15H2,1-4H3,(H,31,32)(H,33,34,35)/t18-/m1/s1. The molecule has 2 N–H and O–H groups in total. The Morgan fingerprint density at radius 2 is 1.89 bits per heavy atom. The maximum Gasteiger partial charge on any atom is 0.417 e. The molecule has 200 valence electrons. The first-order chi connectivity index (χ1) is 18.1. The van der Waals surface area contributed by atoms with Gasteiger partial charge in [0, 0.05) is 69.3 Å². The fourth-order valence-electron chi connectivity index (χ4n) is 4.60. The van der Waals surface area contributed by atoms with Gasteiger partial charge in [-0.1, -0.05) is 6.07 Å². The van der Waals surface area contributed by atoms with Crippen molar-refractivity contribution in [2.45, 2.75) is 25.2 Å². The number of fused-ring (bicyclic) bond motifs is 1. The molecule has 5 heterocycles. The van der Waals surface area contributed by atoms with Gasteiger partial charge in [-0.05, 0) is 38.2 Å². The Balaban J connectivity index is 1.36. The Morgan fingerprint density at radius 1 is 1.08 bits per heavy atom. The molecule has 0 spiro atoms. The van der Waals surface area contributed by atoms with Gasteiger partial charge in [-0.3, -0.25) is 0 Å². The van der Waals surface area contributed by atoms with Gasteiger partial charge in [-0.15, -0.1) is 0 Å². The lowest BCUT2D eigenvalue weighted by Gasteiger charge is -2.21. The number of likely N-dealkylation sites (N-methyl/N-ethyl adjacent to an activating group) is 1. The third-order valence-electron chi connectivity index (χ3n) is 6.84. The summed E-state index contributed by atoms with van der Waals surface area (Å²) >= 11 is 0. The van der Waals surface area contributed by atoms with Crippen LogP contribution in [0.4, 0.5) is 30.6 Å². The zero-order valence-corrected chi connectivity index (χ0v) is 21.7. The molecule has 0 aliphatic carbocycles. The molecule has 4 aromatic rings. The summed E-state index contributed by atoms with van der Waals surface area (Å²) < 4.78 is 40.0. The minimum atomic E-state index is -4.50. The van der Waals surface area contributed by atoms with E-state index in [1.54, 1.807) is 12.4 Å². The summed E-state index contributed by atoms with van der Waals surface area (Å²) in [6.07, 6.45) is 2.56. The molecule has 1 saturated heterocycles. The molecule has 38 heavy (non-hydrogen) atoms. The van der Waals surface area contributed by atoms with Gasteiger partial charge in [-0.2, -0.15) is 13.2 Å². The van der Waals surface area contributed by atoms with Gasteiger partial charge >= 0.3 is 6.18 Å². The predicted molar refractivity (Wildman–Crippen MR) is 142 cm³/mol. The molecule has 1 atom stereocenters. The molecular formula is C26H30F3N9. The van der Waals surface area contributed by atoms with Gasteiger partial charge in [0.15, 0.2) is 0 Å². The first-order valence-electron chi connectivity index (χ1n) is 12.3. The number of hydrogen-bond donors (Lipinski definition) is 2. The highest BCUT2D eigenvalue weighted by molar-refractivity contribution is 5.96. The lowest BCUT2D eigenvalue weighted by Crippen LogP contribution is -2.31. The molecule has 0 aromatic carbocycles. The number of nitrogens with one attached hydrogen (secondary N) is 2. The Hall–Kier alpha value is -3.93. The fourth-order valence-corrected chi connectivity index (χ4v) is 4.60. The molecule has 0 unspecified atom stereocenters. The van der Waals surface area contributed by atoms with Crippen LogP contribution in [0.25, 0.3) is 22.3 Å². The molecule has 9 nitrogen and oxygen atoms in total. The Labute approximate surface area is 218 Å². The summed E-state index contributed by atoms with van der Waals surface area (Å²) in [6.45, 7) is 2.39. The Morgan fingerprint density at radius 3 is 2.55 bits per heavy atom. The fraction of sp³-hybridized carbons (Fsp3) is 0.385. The van der Waals surface area contributed by atoms with Gasteiger partial charge in [0.2, 0.25) is 5.95 Å². The highest BCUT2D eigenvalue weighted by atomic mass is 19.4. The van der Waals surface area contributed by atoms with Crippen molar-refractivity contribution in [1.82, 2.24) is 29.8 Å². The van der Waals surface area contributed by atoms with Gasteiger partial charge in [-0.25, -0.2) is 19.9 Å². The van der Waals surface area contributed by atoms with Crippen LogP contribution in [0.5, 0.6) is 0 Å². The molecule has 5 rings (SSSR count). The SMILES string of the molecule is CN(C)c1cnc(NCc2ccc(N3CC[C@@H](N(C)C)C3)nc2)nc1-c1c[nH]c2ncc(C(F)(F)F)cc12. The second kappa shape index (κ2) is 10.1. The van der Waals surface area contributed by atoms with Crippen molar-refractivity contribution in [3.63, 3.8) is 0 Å². The first kappa shape index (κ1) is 25.7. The van der Waals surface area contributed by atoms with E-state index in [2.05, 4.69) is 54.1 Å². The Kier molecular flexibility index (Phi) is 6.82. The summed E-state index contributed by atoms with van der Waals surface area (Å²) in [5.41, 5.74) is 2.18. The average Bonchev–Trinajstić information content (AvgIpc) is 3.54. The number of pyridine rings is 2.